The zero-order valence-electron chi connectivity index (χ0n) is 9.03. The standard InChI is InChI=1S/C13H14BrNO/c14-11-3-1-2-9(6-11)8-15-12-5-4-10(7-12)13(15)16/h1-3,6,10,12H,4-5,7-8H2. The van der Waals surface area contributed by atoms with Gasteiger partial charge in [0, 0.05) is 23.0 Å². The van der Waals surface area contributed by atoms with Crippen LogP contribution in [-0.4, -0.2) is 16.8 Å². The molecule has 1 saturated carbocycles. The summed E-state index contributed by atoms with van der Waals surface area (Å²) in [4.78, 5) is 14.0. The second kappa shape index (κ2) is 3.88. The van der Waals surface area contributed by atoms with Crippen molar-refractivity contribution in [3.8, 4) is 0 Å². The Hall–Kier alpha value is -0.830. The number of rotatable bonds is 2. The molecule has 1 saturated heterocycles. The molecule has 3 rings (SSSR count). The third kappa shape index (κ3) is 1.67. The van der Waals surface area contributed by atoms with E-state index in [2.05, 4.69) is 33.0 Å². The number of benzene rings is 1. The molecule has 1 aliphatic heterocycles. The Balaban J connectivity index is 1.78. The van der Waals surface area contributed by atoms with Crippen LogP contribution in [0, 0.1) is 5.92 Å². The molecule has 2 unspecified atom stereocenters. The number of hydrogen-bond acceptors (Lipinski definition) is 1. The monoisotopic (exact) mass is 279 g/mol. The van der Waals surface area contributed by atoms with Crippen LogP contribution in [0.4, 0.5) is 0 Å². The van der Waals surface area contributed by atoms with Gasteiger partial charge in [0.05, 0.1) is 0 Å². The van der Waals surface area contributed by atoms with Gasteiger partial charge in [-0.2, -0.15) is 0 Å². The van der Waals surface area contributed by atoms with Gasteiger partial charge in [0.2, 0.25) is 5.91 Å². The molecule has 3 heteroatoms. The molecule has 0 spiro atoms. The number of fused-ring (bicyclic) bond motifs is 2. The summed E-state index contributed by atoms with van der Waals surface area (Å²) in [5.41, 5.74) is 1.22. The summed E-state index contributed by atoms with van der Waals surface area (Å²) in [6.45, 7) is 0.777. The zero-order valence-corrected chi connectivity index (χ0v) is 10.6. The topological polar surface area (TPSA) is 20.3 Å². The van der Waals surface area contributed by atoms with Gasteiger partial charge in [-0.15, -0.1) is 0 Å². The summed E-state index contributed by atoms with van der Waals surface area (Å²) >= 11 is 3.46. The fraction of sp³-hybridized carbons (Fsp3) is 0.462. The van der Waals surface area contributed by atoms with E-state index >= 15 is 0 Å². The summed E-state index contributed by atoms with van der Waals surface area (Å²) < 4.78 is 1.09. The van der Waals surface area contributed by atoms with E-state index in [0.717, 1.165) is 23.9 Å². The van der Waals surface area contributed by atoms with Crippen molar-refractivity contribution in [3.05, 3.63) is 34.3 Å². The quantitative estimate of drug-likeness (QED) is 0.815. The van der Waals surface area contributed by atoms with Crippen molar-refractivity contribution in [2.75, 3.05) is 0 Å². The van der Waals surface area contributed by atoms with E-state index in [1.165, 1.54) is 12.0 Å². The fourth-order valence-corrected chi connectivity index (χ4v) is 3.37. The number of hydrogen-bond donors (Lipinski definition) is 0. The summed E-state index contributed by atoms with van der Waals surface area (Å²) in [6.07, 6.45) is 3.40. The van der Waals surface area contributed by atoms with Crippen LogP contribution >= 0.6 is 15.9 Å². The molecule has 0 aromatic heterocycles. The molecule has 1 aromatic rings. The minimum atomic E-state index is 0.331. The van der Waals surface area contributed by atoms with Crippen molar-refractivity contribution >= 4 is 21.8 Å². The van der Waals surface area contributed by atoms with Crippen LogP contribution in [-0.2, 0) is 11.3 Å². The second-order valence-corrected chi connectivity index (χ2v) is 5.68. The first kappa shape index (κ1) is 10.3. The highest BCUT2D eigenvalue weighted by atomic mass is 79.9. The van der Waals surface area contributed by atoms with Crippen LogP contribution in [0.3, 0.4) is 0 Å². The lowest BCUT2D eigenvalue weighted by Gasteiger charge is -2.27. The number of likely N-dealkylation sites (tertiary alicyclic amines) is 1. The summed E-state index contributed by atoms with van der Waals surface area (Å²) in [7, 11) is 0. The van der Waals surface area contributed by atoms with Crippen LogP contribution in [0.25, 0.3) is 0 Å². The Bertz CT molecular complexity index is 432. The number of nitrogens with zero attached hydrogens (tertiary/aromatic N) is 1. The molecule has 1 aromatic carbocycles. The number of amides is 1. The fourth-order valence-electron chi connectivity index (χ4n) is 2.92. The number of piperidine rings is 1. The van der Waals surface area contributed by atoms with Crippen LogP contribution in [0.2, 0.25) is 0 Å². The van der Waals surface area contributed by atoms with E-state index in [1.807, 2.05) is 12.1 Å². The molecular weight excluding hydrogens is 266 g/mol. The van der Waals surface area contributed by atoms with Crippen molar-refractivity contribution in [2.45, 2.75) is 31.8 Å². The van der Waals surface area contributed by atoms with Crippen LogP contribution in [0.15, 0.2) is 28.7 Å². The highest BCUT2D eigenvalue weighted by Gasteiger charge is 2.44. The first-order chi connectivity index (χ1) is 7.74. The highest BCUT2D eigenvalue weighted by molar-refractivity contribution is 9.10. The number of carbonyl (C=O) groups excluding carboxylic acids is 1. The van der Waals surface area contributed by atoms with Gasteiger partial charge in [-0.05, 0) is 37.0 Å². The maximum Gasteiger partial charge on any atom is 0.226 e. The molecular formula is C13H14BrNO. The van der Waals surface area contributed by atoms with E-state index < -0.39 is 0 Å². The van der Waals surface area contributed by atoms with E-state index in [1.54, 1.807) is 0 Å². The van der Waals surface area contributed by atoms with Gasteiger partial charge in [-0.25, -0.2) is 0 Å². The van der Waals surface area contributed by atoms with Crippen LogP contribution in [0.5, 0.6) is 0 Å². The van der Waals surface area contributed by atoms with Gasteiger partial charge in [0.25, 0.3) is 0 Å². The normalized spacial score (nSPS) is 27.8. The molecule has 2 fully saturated rings. The molecule has 2 nitrogen and oxygen atoms in total. The molecule has 1 heterocycles. The third-order valence-electron chi connectivity index (χ3n) is 3.72. The maximum absolute atomic E-state index is 12.0. The lowest BCUT2D eigenvalue weighted by molar-refractivity contribution is -0.134. The minimum Gasteiger partial charge on any atom is -0.335 e. The van der Waals surface area contributed by atoms with E-state index in [9.17, 15) is 4.79 Å². The van der Waals surface area contributed by atoms with Crippen LogP contribution in [0.1, 0.15) is 24.8 Å². The molecule has 0 N–H and O–H groups in total. The number of halogens is 1. The SMILES string of the molecule is O=C1C2CCC(C2)N1Cc1cccc(Br)c1. The second-order valence-electron chi connectivity index (χ2n) is 4.76. The minimum absolute atomic E-state index is 0.331. The molecule has 1 aliphatic carbocycles. The zero-order chi connectivity index (χ0) is 11.1. The number of carbonyl (C=O) groups is 1. The van der Waals surface area contributed by atoms with Gasteiger partial charge < -0.3 is 4.90 Å². The predicted octanol–water partition coefficient (Wildman–Crippen LogP) is 2.96. The molecule has 84 valence electrons. The summed E-state index contributed by atoms with van der Waals surface area (Å²) in [5.74, 6) is 0.702. The predicted molar refractivity (Wildman–Crippen MR) is 65.8 cm³/mol. The molecule has 2 bridgehead atoms. The Kier molecular flexibility index (Phi) is 2.51. The lowest BCUT2D eigenvalue weighted by atomic mass is 10.1. The molecule has 0 radical (unpaired) electrons. The van der Waals surface area contributed by atoms with E-state index in [-0.39, 0.29) is 0 Å². The van der Waals surface area contributed by atoms with Gasteiger partial charge >= 0.3 is 0 Å². The summed E-state index contributed by atoms with van der Waals surface area (Å²) in [5, 5.41) is 0. The summed E-state index contributed by atoms with van der Waals surface area (Å²) in [6, 6.07) is 8.74. The Morgan fingerprint density at radius 1 is 1.38 bits per heavy atom. The molecule has 2 atom stereocenters. The average molecular weight is 280 g/mol. The smallest absolute Gasteiger partial charge is 0.226 e. The highest BCUT2D eigenvalue weighted by Crippen LogP contribution is 2.39. The van der Waals surface area contributed by atoms with Gasteiger partial charge in [0.1, 0.15) is 0 Å². The van der Waals surface area contributed by atoms with Crippen LogP contribution < -0.4 is 0 Å². The first-order valence-corrected chi connectivity index (χ1v) is 6.58. The van der Waals surface area contributed by atoms with E-state index in [4.69, 9.17) is 0 Å². The van der Waals surface area contributed by atoms with E-state index in [0.29, 0.717) is 17.9 Å². The van der Waals surface area contributed by atoms with Crippen molar-refractivity contribution < 1.29 is 4.79 Å². The molecule has 2 aliphatic rings. The van der Waals surface area contributed by atoms with Crippen molar-refractivity contribution in [1.29, 1.82) is 0 Å². The van der Waals surface area contributed by atoms with Gasteiger partial charge in [-0.3, -0.25) is 4.79 Å². The maximum atomic E-state index is 12.0. The molecule has 16 heavy (non-hydrogen) atoms. The third-order valence-corrected chi connectivity index (χ3v) is 4.21. The van der Waals surface area contributed by atoms with Crippen molar-refractivity contribution in [3.63, 3.8) is 0 Å². The van der Waals surface area contributed by atoms with Crippen molar-refractivity contribution in [2.24, 2.45) is 5.92 Å². The lowest BCUT2D eigenvalue weighted by Crippen LogP contribution is -2.36. The first-order valence-electron chi connectivity index (χ1n) is 5.79. The Morgan fingerprint density at radius 3 is 2.94 bits per heavy atom. The Morgan fingerprint density at radius 2 is 2.25 bits per heavy atom. The largest absolute Gasteiger partial charge is 0.335 e. The van der Waals surface area contributed by atoms with Crippen molar-refractivity contribution in [1.82, 2.24) is 4.90 Å². The molecule has 1 amide bonds. The van der Waals surface area contributed by atoms with Gasteiger partial charge in [0.15, 0.2) is 0 Å². The van der Waals surface area contributed by atoms with Gasteiger partial charge in [-0.1, -0.05) is 28.1 Å². The Labute approximate surface area is 104 Å². The average Bonchev–Trinajstić information content (AvgIpc) is 2.82.